The van der Waals surface area contributed by atoms with Crippen LogP contribution in [0.2, 0.25) is 0 Å². The SMILES string of the molecule is O=C(N[C@H](C(=O)N1C[C@H](O)C[C@H]1C(=O)O)C1CCCCC1)c1ccc(Br)cc1. The first kappa shape index (κ1) is 20.8. The minimum Gasteiger partial charge on any atom is -0.480 e. The van der Waals surface area contributed by atoms with Crippen molar-refractivity contribution in [3.05, 3.63) is 34.3 Å². The third-order valence-corrected chi connectivity index (χ3v) is 6.16. The Morgan fingerprint density at radius 3 is 2.36 bits per heavy atom. The van der Waals surface area contributed by atoms with E-state index in [0.29, 0.717) is 5.56 Å². The summed E-state index contributed by atoms with van der Waals surface area (Å²) < 4.78 is 0.847. The zero-order valence-electron chi connectivity index (χ0n) is 15.5. The largest absolute Gasteiger partial charge is 0.480 e. The Kier molecular flexibility index (Phi) is 6.72. The first-order valence-electron chi connectivity index (χ1n) is 9.64. The Balaban J connectivity index is 1.82. The topological polar surface area (TPSA) is 107 Å². The summed E-state index contributed by atoms with van der Waals surface area (Å²) in [5.74, 6) is -1.94. The third kappa shape index (κ3) is 4.72. The maximum atomic E-state index is 13.3. The number of aliphatic carboxylic acids is 1. The molecule has 8 heteroatoms. The molecule has 152 valence electrons. The molecule has 2 aliphatic rings. The van der Waals surface area contributed by atoms with E-state index in [-0.39, 0.29) is 24.8 Å². The number of rotatable bonds is 5. The molecule has 1 heterocycles. The van der Waals surface area contributed by atoms with Crippen molar-refractivity contribution in [2.75, 3.05) is 6.54 Å². The molecule has 2 fully saturated rings. The molecular formula is C20H25BrN2O5. The van der Waals surface area contributed by atoms with Gasteiger partial charge in [0, 0.05) is 23.0 Å². The van der Waals surface area contributed by atoms with Gasteiger partial charge in [0.05, 0.1) is 6.10 Å². The van der Waals surface area contributed by atoms with Gasteiger partial charge in [-0.15, -0.1) is 0 Å². The predicted molar refractivity (Wildman–Crippen MR) is 106 cm³/mol. The van der Waals surface area contributed by atoms with Crippen LogP contribution in [-0.4, -0.2) is 57.6 Å². The summed E-state index contributed by atoms with van der Waals surface area (Å²) >= 11 is 3.33. The highest BCUT2D eigenvalue weighted by molar-refractivity contribution is 9.10. The molecule has 0 aromatic heterocycles. The summed E-state index contributed by atoms with van der Waals surface area (Å²) in [4.78, 5) is 38.8. The Morgan fingerprint density at radius 1 is 1.11 bits per heavy atom. The summed E-state index contributed by atoms with van der Waals surface area (Å²) in [6.45, 7) is -0.0207. The summed E-state index contributed by atoms with van der Waals surface area (Å²) in [6, 6.07) is 5.00. The molecule has 0 spiro atoms. The van der Waals surface area contributed by atoms with Gasteiger partial charge in [-0.05, 0) is 43.0 Å². The lowest BCUT2D eigenvalue weighted by atomic mass is 9.83. The van der Waals surface area contributed by atoms with Crippen LogP contribution in [0.5, 0.6) is 0 Å². The van der Waals surface area contributed by atoms with Crippen molar-refractivity contribution in [3.63, 3.8) is 0 Å². The Labute approximate surface area is 172 Å². The molecule has 3 N–H and O–H groups in total. The number of carboxylic acids is 1. The maximum Gasteiger partial charge on any atom is 0.326 e. The van der Waals surface area contributed by atoms with E-state index < -0.39 is 30.1 Å². The van der Waals surface area contributed by atoms with Gasteiger partial charge in [0.25, 0.3) is 5.91 Å². The first-order chi connectivity index (χ1) is 13.4. The van der Waals surface area contributed by atoms with Gasteiger partial charge in [0.15, 0.2) is 0 Å². The Bertz CT molecular complexity index is 733. The number of hydrogen-bond donors (Lipinski definition) is 3. The number of carbonyl (C=O) groups is 3. The van der Waals surface area contributed by atoms with E-state index in [1.165, 1.54) is 4.90 Å². The van der Waals surface area contributed by atoms with E-state index in [4.69, 9.17) is 0 Å². The number of benzene rings is 1. The molecule has 1 aromatic carbocycles. The standard InChI is InChI=1S/C20H25BrN2O5/c21-14-8-6-13(7-9-14)18(25)22-17(12-4-2-1-3-5-12)19(26)23-11-15(24)10-16(23)20(27)28/h6-9,12,15-17,24H,1-5,10-11H2,(H,22,25)(H,27,28)/t15-,16+,17+/m1/s1. The van der Waals surface area contributed by atoms with Crippen LogP contribution in [0.15, 0.2) is 28.7 Å². The Morgan fingerprint density at radius 2 is 1.75 bits per heavy atom. The van der Waals surface area contributed by atoms with Crippen molar-refractivity contribution in [3.8, 4) is 0 Å². The number of carboxylic acid groups (broad SMARTS) is 1. The van der Waals surface area contributed by atoms with Gasteiger partial charge in [-0.25, -0.2) is 4.79 Å². The number of likely N-dealkylation sites (tertiary alicyclic amines) is 1. The van der Waals surface area contributed by atoms with Crippen molar-refractivity contribution >= 4 is 33.7 Å². The molecule has 0 radical (unpaired) electrons. The number of carbonyl (C=O) groups excluding carboxylic acids is 2. The minimum absolute atomic E-state index is 0.0130. The van der Waals surface area contributed by atoms with Crippen molar-refractivity contribution in [2.45, 2.75) is 56.7 Å². The van der Waals surface area contributed by atoms with Crippen molar-refractivity contribution < 1.29 is 24.6 Å². The molecule has 2 amide bonds. The lowest BCUT2D eigenvalue weighted by Crippen LogP contribution is -2.55. The lowest BCUT2D eigenvalue weighted by molar-refractivity contribution is -0.149. The number of nitrogens with one attached hydrogen (secondary N) is 1. The van der Waals surface area contributed by atoms with Crippen molar-refractivity contribution in [2.24, 2.45) is 5.92 Å². The fourth-order valence-electron chi connectivity index (χ4n) is 4.14. The molecule has 3 atom stereocenters. The summed E-state index contributed by atoms with van der Waals surface area (Å²) in [7, 11) is 0. The van der Waals surface area contributed by atoms with Crippen LogP contribution < -0.4 is 5.32 Å². The van der Waals surface area contributed by atoms with Crippen LogP contribution in [0.1, 0.15) is 48.9 Å². The number of aliphatic hydroxyl groups excluding tert-OH is 1. The number of β-amino-alcohol motifs (C(OH)–C–C–N with tert-alkyl or cyclic N) is 1. The third-order valence-electron chi connectivity index (χ3n) is 5.63. The van der Waals surface area contributed by atoms with E-state index in [9.17, 15) is 24.6 Å². The van der Waals surface area contributed by atoms with Gasteiger partial charge >= 0.3 is 5.97 Å². The summed E-state index contributed by atoms with van der Waals surface area (Å²) in [5.41, 5.74) is 0.438. The van der Waals surface area contributed by atoms with E-state index in [0.717, 1.165) is 36.6 Å². The number of hydrogen-bond acceptors (Lipinski definition) is 4. The van der Waals surface area contributed by atoms with Gasteiger partial charge in [0.1, 0.15) is 12.1 Å². The van der Waals surface area contributed by atoms with E-state index in [1.54, 1.807) is 24.3 Å². The quantitative estimate of drug-likeness (QED) is 0.634. The molecule has 3 rings (SSSR count). The second-order valence-corrected chi connectivity index (χ2v) is 8.51. The Hall–Kier alpha value is -1.93. The second-order valence-electron chi connectivity index (χ2n) is 7.59. The van der Waals surface area contributed by atoms with Crippen LogP contribution in [0, 0.1) is 5.92 Å². The highest BCUT2D eigenvalue weighted by atomic mass is 79.9. The molecule has 0 unspecified atom stereocenters. The molecule has 1 aliphatic heterocycles. The average molecular weight is 453 g/mol. The molecule has 7 nitrogen and oxygen atoms in total. The zero-order chi connectivity index (χ0) is 20.3. The minimum atomic E-state index is -1.13. The van der Waals surface area contributed by atoms with Gasteiger partial charge < -0.3 is 20.4 Å². The van der Waals surface area contributed by atoms with Gasteiger partial charge in [-0.1, -0.05) is 35.2 Å². The van der Waals surface area contributed by atoms with Gasteiger partial charge in [-0.3, -0.25) is 9.59 Å². The van der Waals surface area contributed by atoms with E-state index >= 15 is 0 Å². The number of nitrogens with zero attached hydrogens (tertiary/aromatic N) is 1. The average Bonchev–Trinajstić information content (AvgIpc) is 3.09. The summed E-state index contributed by atoms with van der Waals surface area (Å²) in [6.07, 6.45) is 3.83. The number of halogens is 1. The fourth-order valence-corrected chi connectivity index (χ4v) is 4.41. The van der Waals surface area contributed by atoms with Crippen molar-refractivity contribution in [1.29, 1.82) is 0 Å². The molecule has 28 heavy (non-hydrogen) atoms. The summed E-state index contributed by atoms with van der Waals surface area (Å²) in [5, 5.41) is 22.2. The molecule has 0 bridgehead atoms. The second kappa shape index (κ2) is 9.05. The molecule has 1 saturated carbocycles. The van der Waals surface area contributed by atoms with E-state index in [2.05, 4.69) is 21.2 Å². The number of amides is 2. The van der Waals surface area contributed by atoms with Crippen LogP contribution >= 0.6 is 15.9 Å². The predicted octanol–water partition coefficient (Wildman–Crippen LogP) is 2.17. The zero-order valence-corrected chi connectivity index (χ0v) is 17.1. The maximum absolute atomic E-state index is 13.3. The molecule has 1 aliphatic carbocycles. The number of aliphatic hydroxyl groups is 1. The van der Waals surface area contributed by atoms with Gasteiger partial charge in [-0.2, -0.15) is 0 Å². The highest BCUT2D eigenvalue weighted by Gasteiger charge is 2.43. The van der Waals surface area contributed by atoms with Crippen LogP contribution in [0.25, 0.3) is 0 Å². The molecule has 1 saturated heterocycles. The normalized spacial score (nSPS) is 24.0. The van der Waals surface area contributed by atoms with Gasteiger partial charge in [0.2, 0.25) is 5.91 Å². The fraction of sp³-hybridized carbons (Fsp3) is 0.550. The van der Waals surface area contributed by atoms with Crippen molar-refractivity contribution in [1.82, 2.24) is 10.2 Å². The monoisotopic (exact) mass is 452 g/mol. The smallest absolute Gasteiger partial charge is 0.326 e. The highest BCUT2D eigenvalue weighted by Crippen LogP contribution is 2.29. The first-order valence-corrected chi connectivity index (χ1v) is 10.4. The van der Waals surface area contributed by atoms with Crippen LogP contribution in [0.4, 0.5) is 0 Å². The molecule has 1 aromatic rings. The van der Waals surface area contributed by atoms with Crippen LogP contribution in [0.3, 0.4) is 0 Å². The van der Waals surface area contributed by atoms with E-state index in [1.807, 2.05) is 0 Å². The lowest BCUT2D eigenvalue weighted by Gasteiger charge is -2.34. The van der Waals surface area contributed by atoms with Crippen LogP contribution in [-0.2, 0) is 9.59 Å². The molecular weight excluding hydrogens is 428 g/mol.